The third-order valence-electron chi connectivity index (χ3n) is 6.14. The molecule has 1 aromatic rings. The highest BCUT2D eigenvalue weighted by molar-refractivity contribution is 5.54. The van der Waals surface area contributed by atoms with Gasteiger partial charge in [-0.3, -0.25) is 0 Å². The molecule has 0 amide bonds. The van der Waals surface area contributed by atoms with Crippen molar-refractivity contribution in [3.63, 3.8) is 0 Å². The van der Waals surface area contributed by atoms with Crippen molar-refractivity contribution in [3.8, 4) is 5.75 Å². The molecule has 0 spiro atoms. The normalized spacial score (nSPS) is 40.5. The molecule has 0 aromatic heterocycles. The number of anilines is 1. The summed E-state index contributed by atoms with van der Waals surface area (Å²) in [4.78, 5) is 0. The van der Waals surface area contributed by atoms with Crippen LogP contribution in [-0.2, 0) is 6.42 Å². The first kappa shape index (κ1) is 11.5. The van der Waals surface area contributed by atoms with Crippen molar-refractivity contribution in [2.75, 3.05) is 11.9 Å². The molecule has 4 bridgehead atoms. The lowest BCUT2D eigenvalue weighted by atomic mass is 9.53. The number of ether oxygens (including phenoxy) is 1. The zero-order valence-electron chi connectivity index (χ0n) is 12.0. The van der Waals surface area contributed by atoms with Crippen LogP contribution in [0, 0.1) is 17.8 Å². The van der Waals surface area contributed by atoms with E-state index in [9.17, 15) is 0 Å². The molecule has 4 aliphatic carbocycles. The van der Waals surface area contributed by atoms with E-state index >= 15 is 0 Å². The first-order valence-electron chi connectivity index (χ1n) is 8.32. The lowest BCUT2D eigenvalue weighted by molar-refractivity contribution is 0.0107. The molecule has 0 saturated heterocycles. The van der Waals surface area contributed by atoms with E-state index in [2.05, 4.69) is 23.5 Å². The van der Waals surface area contributed by atoms with Gasteiger partial charge in [-0.15, -0.1) is 0 Å². The van der Waals surface area contributed by atoms with Crippen LogP contribution in [0.4, 0.5) is 5.69 Å². The second kappa shape index (κ2) is 3.93. The van der Waals surface area contributed by atoms with Crippen molar-refractivity contribution < 1.29 is 4.74 Å². The Kier molecular flexibility index (Phi) is 2.25. The SMILES string of the molecule is c1cc2c(cc1NC13CC4CC(CC(C4)C1)C3)CCO2. The Hall–Kier alpha value is -1.18. The minimum Gasteiger partial charge on any atom is -0.493 e. The molecule has 1 aliphatic heterocycles. The van der Waals surface area contributed by atoms with Crippen LogP contribution in [0.2, 0.25) is 0 Å². The number of hydrogen-bond donors (Lipinski definition) is 1. The Morgan fingerprint density at radius 1 is 1.00 bits per heavy atom. The number of nitrogens with one attached hydrogen (secondary N) is 1. The Labute approximate surface area is 120 Å². The molecule has 106 valence electrons. The molecule has 1 heterocycles. The highest BCUT2D eigenvalue weighted by Gasteiger charge is 2.50. The van der Waals surface area contributed by atoms with Gasteiger partial charge in [-0.2, -0.15) is 0 Å². The van der Waals surface area contributed by atoms with Gasteiger partial charge in [0.2, 0.25) is 0 Å². The second-order valence-corrected chi connectivity index (χ2v) is 7.74. The van der Waals surface area contributed by atoms with Crippen LogP contribution < -0.4 is 10.1 Å². The minimum absolute atomic E-state index is 0.419. The number of rotatable bonds is 2. The fraction of sp³-hybridized carbons (Fsp3) is 0.667. The Morgan fingerprint density at radius 2 is 1.70 bits per heavy atom. The summed E-state index contributed by atoms with van der Waals surface area (Å²) < 4.78 is 5.62. The third-order valence-corrected chi connectivity index (χ3v) is 6.14. The highest BCUT2D eigenvalue weighted by atomic mass is 16.5. The van der Waals surface area contributed by atoms with Gasteiger partial charge in [0.25, 0.3) is 0 Å². The molecule has 6 rings (SSSR count). The molecule has 1 N–H and O–H groups in total. The van der Waals surface area contributed by atoms with Crippen molar-refractivity contribution in [3.05, 3.63) is 23.8 Å². The summed E-state index contributed by atoms with van der Waals surface area (Å²) in [7, 11) is 0. The van der Waals surface area contributed by atoms with E-state index < -0.39 is 0 Å². The first-order valence-corrected chi connectivity index (χ1v) is 8.32. The molecule has 0 unspecified atom stereocenters. The highest BCUT2D eigenvalue weighted by Crippen LogP contribution is 2.56. The summed E-state index contributed by atoms with van der Waals surface area (Å²) in [5.41, 5.74) is 3.14. The van der Waals surface area contributed by atoms with Crippen LogP contribution in [0.1, 0.15) is 44.1 Å². The molecular weight excluding hydrogens is 246 g/mol. The third kappa shape index (κ3) is 1.70. The van der Waals surface area contributed by atoms with E-state index in [1.807, 2.05) is 0 Å². The zero-order valence-corrected chi connectivity index (χ0v) is 12.0. The monoisotopic (exact) mass is 269 g/mol. The maximum atomic E-state index is 5.62. The molecule has 4 saturated carbocycles. The average Bonchev–Trinajstić information content (AvgIpc) is 2.83. The standard InChI is InChI=1S/C18H23NO/c1-2-17-15(3-4-20-17)8-16(1)19-18-9-12-5-13(10-18)7-14(6-12)11-18/h1-2,8,12-14,19H,3-7,9-11H2. The quantitative estimate of drug-likeness (QED) is 0.876. The zero-order chi connectivity index (χ0) is 13.2. The van der Waals surface area contributed by atoms with Crippen LogP contribution in [0.15, 0.2) is 18.2 Å². The molecule has 2 heteroatoms. The summed E-state index contributed by atoms with van der Waals surface area (Å²) in [6.45, 7) is 0.857. The minimum atomic E-state index is 0.419. The van der Waals surface area contributed by atoms with Gasteiger partial charge in [0.05, 0.1) is 6.61 Å². The van der Waals surface area contributed by atoms with Crippen LogP contribution in [-0.4, -0.2) is 12.1 Å². The van der Waals surface area contributed by atoms with E-state index in [0.717, 1.165) is 36.5 Å². The predicted molar refractivity (Wildman–Crippen MR) is 80.2 cm³/mol. The summed E-state index contributed by atoms with van der Waals surface area (Å²) in [5, 5.41) is 3.96. The largest absolute Gasteiger partial charge is 0.493 e. The van der Waals surface area contributed by atoms with Crippen LogP contribution in [0.25, 0.3) is 0 Å². The van der Waals surface area contributed by atoms with Gasteiger partial charge >= 0.3 is 0 Å². The molecule has 5 aliphatic rings. The lowest BCUT2D eigenvalue weighted by Gasteiger charge is -2.57. The smallest absolute Gasteiger partial charge is 0.122 e. The van der Waals surface area contributed by atoms with Crippen molar-refractivity contribution in [1.82, 2.24) is 0 Å². The molecule has 20 heavy (non-hydrogen) atoms. The van der Waals surface area contributed by atoms with E-state index in [1.165, 1.54) is 49.8 Å². The number of fused-ring (bicyclic) bond motifs is 1. The maximum absolute atomic E-state index is 5.62. The van der Waals surface area contributed by atoms with Gasteiger partial charge in [0.1, 0.15) is 5.75 Å². The van der Waals surface area contributed by atoms with E-state index in [4.69, 9.17) is 4.74 Å². The van der Waals surface area contributed by atoms with Crippen LogP contribution >= 0.6 is 0 Å². The molecule has 0 radical (unpaired) electrons. The van der Waals surface area contributed by atoms with E-state index in [-0.39, 0.29) is 0 Å². The lowest BCUT2D eigenvalue weighted by Crippen LogP contribution is -2.54. The fourth-order valence-electron chi connectivity index (χ4n) is 5.83. The summed E-state index contributed by atoms with van der Waals surface area (Å²) in [6, 6.07) is 6.72. The van der Waals surface area contributed by atoms with Crippen molar-refractivity contribution >= 4 is 5.69 Å². The van der Waals surface area contributed by atoms with Gasteiger partial charge in [-0.05, 0) is 80.0 Å². The Balaban J connectivity index is 1.43. The summed E-state index contributed by atoms with van der Waals surface area (Å²) in [5.74, 6) is 4.12. The molecule has 0 atom stereocenters. The average molecular weight is 269 g/mol. The fourth-order valence-corrected chi connectivity index (χ4v) is 5.83. The van der Waals surface area contributed by atoms with Crippen LogP contribution in [0.5, 0.6) is 5.75 Å². The Morgan fingerprint density at radius 3 is 2.40 bits per heavy atom. The summed E-state index contributed by atoms with van der Waals surface area (Å²) in [6.07, 6.45) is 9.84. The number of hydrogen-bond acceptors (Lipinski definition) is 2. The molecule has 1 aromatic carbocycles. The van der Waals surface area contributed by atoms with Gasteiger partial charge < -0.3 is 10.1 Å². The summed E-state index contributed by atoms with van der Waals surface area (Å²) >= 11 is 0. The topological polar surface area (TPSA) is 21.3 Å². The van der Waals surface area contributed by atoms with Gasteiger partial charge in [-0.25, -0.2) is 0 Å². The second-order valence-electron chi connectivity index (χ2n) is 7.74. The van der Waals surface area contributed by atoms with Gasteiger partial charge in [-0.1, -0.05) is 0 Å². The van der Waals surface area contributed by atoms with Crippen molar-refractivity contribution in [2.24, 2.45) is 17.8 Å². The van der Waals surface area contributed by atoms with Crippen molar-refractivity contribution in [2.45, 2.75) is 50.5 Å². The van der Waals surface area contributed by atoms with E-state index in [0.29, 0.717) is 5.54 Å². The molecular formula is C18H23NO. The molecule has 2 nitrogen and oxygen atoms in total. The Bertz CT molecular complexity index is 515. The first-order chi connectivity index (χ1) is 9.78. The predicted octanol–water partition coefficient (Wildman–Crippen LogP) is 4.00. The van der Waals surface area contributed by atoms with Crippen molar-refractivity contribution in [1.29, 1.82) is 0 Å². The number of benzene rings is 1. The maximum Gasteiger partial charge on any atom is 0.122 e. The van der Waals surface area contributed by atoms with Crippen LogP contribution in [0.3, 0.4) is 0 Å². The molecule has 4 fully saturated rings. The van der Waals surface area contributed by atoms with Gasteiger partial charge in [0.15, 0.2) is 0 Å². The van der Waals surface area contributed by atoms with E-state index in [1.54, 1.807) is 0 Å². The van der Waals surface area contributed by atoms with Gasteiger partial charge in [0, 0.05) is 17.6 Å².